The molecule has 0 spiro atoms. The summed E-state index contributed by atoms with van der Waals surface area (Å²) < 4.78 is 5.75. The lowest BCUT2D eigenvalue weighted by Gasteiger charge is -2.19. The Morgan fingerprint density at radius 3 is 2.68 bits per heavy atom. The fourth-order valence-corrected chi connectivity index (χ4v) is 3.78. The number of carbonyl (C=O) groups is 1. The Balaban J connectivity index is 1.44. The lowest BCUT2D eigenvalue weighted by molar-refractivity contribution is -0.120. The van der Waals surface area contributed by atoms with Gasteiger partial charge in [-0.15, -0.1) is 10.2 Å². The van der Waals surface area contributed by atoms with Crippen LogP contribution in [0.1, 0.15) is 49.6 Å². The van der Waals surface area contributed by atoms with Gasteiger partial charge < -0.3 is 10.1 Å². The number of hydrogen-bond acceptors (Lipinski definition) is 5. The molecule has 1 aromatic heterocycles. The van der Waals surface area contributed by atoms with Crippen LogP contribution in [-0.2, 0) is 17.6 Å². The molecule has 0 atom stereocenters. The van der Waals surface area contributed by atoms with Crippen LogP contribution in [0, 0.1) is 5.92 Å². The van der Waals surface area contributed by atoms with Gasteiger partial charge in [0.05, 0.1) is 6.61 Å². The monoisotopic (exact) mass is 359 g/mol. The zero-order valence-corrected chi connectivity index (χ0v) is 15.5. The first-order valence-electron chi connectivity index (χ1n) is 9.09. The second-order valence-corrected chi connectivity index (χ2v) is 7.48. The van der Waals surface area contributed by atoms with Gasteiger partial charge in [-0.25, -0.2) is 0 Å². The molecule has 0 bridgehead atoms. The SMILES string of the molecule is CCc1ccc(OCCc2nnc(NC(=O)C3CCCCC3)s2)cc1. The average Bonchev–Trinajstić information content (AvgIpc) is 3.10. The van der Waals surface area contributed by atoms with Gasteiger partial charge in [0, 0.05) is 12.3 Å². The second-order valence-electron chi connectivity index (χ2n) is 6.42. The van der Waals surface area contributed by atoms with Crippen LogP contribution in [0.25, 0.3) is 0 Å². The zero-order chi connectivity index (χ0) is 17.5. The van der Waals surface area contributed by atoms with E-state index < -0.39 is 0 Å². The van der Waals surface area contributed by atoms with Crippen molar-refractivity contribution in [3.8, 4) is 5.75 Å². The molecule has 25 heavy (non-hydrogen) atoms. The largest absolute Gasteiger partial charge is 0.493 e. The highest BCUT2D eigenvalue weighted by Crippen LogP contribution is 2.25. The second kappa shape index (κ2) is 8.94. The van der Waals surface area contributed by atoms with Gasteiger partial charge in [-0.3, -0.25) is 4.79 Å². The van der Waals surface area contributed by atoms with Gasteiger partial charge in [0.15, 0.2) is 0 Å². The molecule has 0 unspecified atom stereocenters. The molecule has 134 valence electrons. The molecule has 3 rings (SSSR count). The van der Waals surface area contributed by atoms with E-state index >= 15 is 0 Å². The van der Waals surface area contributed by atoms with E-state index in [1.165, 1.54) is 23.3 Å². The Morgan fingerprint density at radius 2 is 1.96 bits per heavy atom. The molecular weight excluding hydrogens is 334 g/mol. The van der Waals surface area contributed by atoms with Crippen LogP contribution in [-0.4, -0.2) is 22.7 Å². The third-order valence-electron chi connectivity index (χ3n) is 4.59. The van der Waals surface area contributed by atoms with E-state index in [1.54, 1.807) is 0 Å². The van der Waals surface area contributed by atoms with Gasteiger partial charge >= 0.3 is 0 Å². The van der Waals surface area contributed by atoms with Gasteiger partial charge in [-0.1, -0.05) is 49.7 Å². The molecule has 1 heterocycles. The summed E-state index contributed by atoms with van der Waals surface area (Å²) >= 11 is 1.43. The molecule has 0 aliphatic heterocycles. The third-order valence-corrected chi connectivity index (χ3v) is 5.49. The van der Waals surface area contributed by atoms with E-state index in [9.17, 15) is 4.79 Å². The summed E-state index contributed by atoms with van der Waals surface area (Å²) in [4.78, 5) is 12.2. The molecule has 1 aromatic carbocycles. The number of carbonyl (C=O) groups excluding carboxylic acids is 1. The standard InChI is InChI=1S/C19H25N3O2S/c1-2-14-8-10-16(11-9-14)24-13-12-17-21-22-19(25-17)20-18(23)15-6-4-3-5-7-15/h8-11,15H,2-7,12-13H2,1H3,(H,20,22,23). The van der Waals surface area contributed by atoms with Crippen molar-refractivity contribution < 1.29 is 9.53 Å². The number of hydrogen-bond donors (Lipinski definition) is 1. The molecule has 5 nitrogen and oxygen atoms in total. The number of nitrogens with one attached hydrogen (secondary N) is 1. The minimum atomic E-state index is 0.0923. The minimum Gasteiger partial charge on any atom is -0.493 e. The van der Waals surface area contributed by atoms with E-state index in [0.29, 0.717) is 18.2 Å². The van der Waals surface area contributed by atoms with Crippen LogP contribution in [0.4, 0.5) is 5.13 Å². The van der Waals surface area contributed by atoms with Crippen molar-refractivity contribution in [2.45, 2.75) is 51.9 Å². The molecular formula is C19H25N3O2S. The maximum absolute atomic E-state index is 12.2. The molecule has 1 aliphatic carbocycles. The average molecular weight is 359 g/mol. The Bertz CT molecular complexity index is 678. The van der Waals surface area contributed by atoms with Gasteiger partial charge in [-0.05, 0) is 37.0 Å². The smallest absolute Gasteiger partial charge is 0.229 e. The predicted molar refractivity (Wildman–Crippen MR) is 100 cm³/mol. The van der Waals surface area contributed by atoms with Crippen LogP contribution in [0.15, 0.2) is 24.3 Å². The summed E-state index contributed by atoms with van der Waals surface area (Å²) in [5.74, 6) is 1.10. The summed E-state index contributed by atoms with van der Waals surface area (Å²) in [6, 6.07) is 8.15. The van der Waals surface area contributed by atoms with Crippen LogP contribution >= 0.6 is 11.3 Å². The topological polar surface area (TPSA) is 64.1 Å². The highest BCUT2D eigenvalue weighted by molar-refractivity contribution is 7.15. The van der Waals surface area contributed by atoms with E-state index in [1.807, 2.05) is 12.1 Å². The number of rotatable bonds is 7. The predicted octanol–water partition coefficient (Wildman–Crippen LogP) is 4.24. The van der Waals surface area contributed by atoms with Crippen molar-refractivity contribution in [2.24, 2.45) is 5.92 Å². The first-order chi connectivity index (χ1) is 12.2. The summed E-state index contributed by atoms with van der Waals surface area (Å²) in [7, 11) is 0. The molecule has 6 heteroatoms. The van der Waals surface area contributed by atoms with Crippen molar-refractivity contribution >= 4 is 22.4 Å². The van der Waals surface area contributed by atoms with Crippen LogP contribution in [0.3, 0.4) is 0 Å². The summed E-state index contributed by atoms with van der Waals surface area (Å²) in [5.41, 5.74) is 1.30. The summed E-state index contributed by atoms with van der Waals surface area (Å²) in [6.45, 7) is 2.69. The number of aromatic nitrogens is 2. The van der Waals surface area contributed by atoms with Crippen LogP contribution in [0.2, 0.25) is 0 Å². The van der Waals surface area contributed by atoms with Crippen molar-refractivity contribution in [3.63, 3.8) is 0 Å². The molecule has 0 saturated heterocycles. The van der Waals surface area contributed by atoms with Crippen LogP contribution < -0.4 is 10.1 Å². The van der Waals surface area contributed by atoms with Crippen molar-refractivity contribution in [1.82, 2.24) is 10.2 Å². The maximum Gasteiger partial charge on any atom is 0.229 e. The molecule has 0 radical (unpaired) electrons. The fraction of sp³-hybridized carbons (Fsp3) is 0.526. The lowest BCUT2D eigenvalue weighted by Crippen LogP contribution is -2.24. The number of amides is 1. The quantitative estimate of drug-likeness (QED) is 0.803. The Hall–Kier alpha value is -1.95. The lowest BCUT2D eigenvalue weighted by atomic mass is 9.89. The highest BCUT2D eigenvalue weighted by atomic mass is 32.1. The molecule has 1 aliphatic rings. The molecule has 1 fully saturated rings. The van der Waals surface area contributed by atoms with E-state index in [2.05, 4.69) is 34.6 Å². The first kappa shape index (κ1) is 17.9. The summed E-state index contributed by atoms with van der Waals surface area (Å²) in [5, 5.41) is 12.6. The van der Waals surface area contributed by atoms with Gasteiger partial charge in [0.1, 0.15) is 10.8 Å². The van der Waals surface area contributed by atoms with E-state index in [-0.39, 0.29) is 11.8 Å². The van der Waals surface area contributed by atoms with Crippen molar-refractivity contribution in [1.29, 1.82) is 0 Å². The van der Waals surface area contributed by atoms with Gasteiger partial charge in [-0.2, -0.15) is 0 Å². The maximum atomic E-state index is 12.2. The number of aryl methyl sites for hydroxylation is 1. The third kappa shape index (κ3) is 5.26. The molecule has 1 N–H and O–H groups in total. The minimum absolute atomic E-state index is 0.0923. The Morgan fingerprint density at radius 1 is 1.20 bits per heavy atom. The summed E-state index contributed by atoms with van der Waals surface area (Å²) in [6.07, 6.45) is 7.23. The van der Waals surface area contributed by atoms with Crippen LogP contribution in [0.5, 0.6) is 5.75 Å². The number of anilines is 1. The molecule has 2 aromatic rings. The molecule has 1 amide bonds. The number of ether oxygens (including phenoxy) is 1. The zero-order valence-electron chi connectivity index (χ0n) is 14.7. The first-order valence-corrected chi connectivity index (χ1v) is 9.91. The van der Waals surface area contributed by atoms with E-state index in [0.717, 1.165) is 42.9 Å². The normalized spacial score (nSPS) is 15.1. The molecule has 1 saturated carbocycles. The number of nitrogens with zero attached hydrogens (tertiary/aromatic N) is 2. The Labute approximate surface area is 152 Å². The van der Waals surface area contributed by atoms with Gasteiger partial charge in [0.25, 0.3) is 0 Å². The van der Waals surface area contributed by atoms with Crippen molar-refractivity contribution in [2.75, 3.05) is 11.9 Å². The fourth-order valence-electron chi connectivity index (χ4n) is 3.05. The van der Waals surface area contributed by atoms with Crippen molar-refractivity contribution in [3.05, 3.63) is 34.8 Å². The number of benzene rings is 1. The van der Waals surface area contributed by atoms with E-state index in [4.69, 9.17) is 4.74 Å². The Kier molecular flexibility index (Phi) is 6.39. The van der Waals surface area contributed by atoms with Gasteiger partial charge in [0.2, 0.25) is 11.0 Å². The highest BCUT2D eigenvalue weighted by Gasteiger charge is 2.22.